The first kappa shape index (κ1) is 17.6. The number of hydrogen-bond acceptors (Lipinski definition) is 6. The second kappa shape index (κ2) is 7.14. The third-order valence-electron chi connectivity index (χ3n) is 5.42. The summed E-state index contributed by atoms with van der Waals surface area (Å²) in [6.07, 6.45) is 6.43. The van der Waals surface area contributed by atoms with Gasteiger partial charge in [-0.1, -0.05) is 12.1 Å². The lowest BCUT2D eigenvalue weighted by Gasteiger charge is -2.07. The predicted octanol–water partition coefficient (Wildman–Crippen LogP) is 4.70. The van der Waals surface area contributed by atoms with E-state index in [0.29, 0.717) is 17.5 Å². The molecule has 2 aromatic heterocycles. The third kappa shape index (κ3) is 3.14. The van der Waals surface area contributed by atoms with Crippen LogP contribution in [0.2, 0.25) is 0 Å². The van der Waals surface area contributed by atoms with Crippen molar-refractivity contribution < 1.29 is 13.9 Å². The van der Waals surface area contributed by atoms with Crippen molar-refractivity contribution in [3.8, 4) is 11.3 Å². The van der Waals surface area contributed by atoms with Gasteiger partial charge in [0.25, 0.3) is 5.91 Å². The molecule has 3 heterocycles. The summed E-state index contributed by atoms with van der Waals surface area (Å²) < 4.78 is 11.1. The first-order valence-corrected chi connectivity index (χ1v) is 10.5. The molecule has 1 saturated heterocycles. The van der Waals surface area contributed by atoms with E-state index in [0.717, 1.165) is 41.8 Å². The van der Waals surface area contributed by atoms with Gasteiger partial charge < -0.3 is 9.15 Å². The van der Waals surface area contributed by atoms with E-state index >= 15 is 0 Å². The average Bonchev–Trinajstić information content (AvgIpc) is 3.47. The molecule has 0 radical (unpaired) electrons. The van der Waals surface area contributed by atoms with Gasteiger partial charge in [-0.2, -0.15) is 0 Å². The highest BCUT2D eigenvalue weighted by Gasteiger charge is 2.28. The summed E-state index contributed by atoms with van der Waals surface area (Å²) in [5, 5.41) is 3.45. The zero-order valence-corrected chi connectivity index (χ0v) is 16.5. The Bertz CT molecular complexity index is 1030. The van der Waals surface area contributed by atoms with E-state index in [2.05, 4.69) is 33.5 Å². The molecule has 1 fully saturated rings. The zero-order valence-electron chi connectivity index (χ0n) is 15.7. The van der Waals surface area contributed by atoms with Crippen LogP contribution in [0.3, 0.4) is 0 Å². The van der Waals surface area contributed by atoms with Crippen molar-refractivity contribution in [2.75, 3.05) is 11.9 Å². The molecule has 0 spiro atoms. The van der Waals surface area contributed by atoms with Crippen LogP contribution in [0.1, 0.15) is 57.6 Å². The Morgan fingerprint density at radius 3 is 3.00 bits per heavy atom. The van der Waals surface area contributed by atoms with Crippen molar-refractivity contribution in [2.45, 2.75) is 45.1 Å². The van der Waals surface area contributed by atoms with Gasteiger partial charge in [0, 0.05) is 17.0 Å². The fourth-order valence-corrected chi connectivity index (χ4v) is 4.86. The van der Waals surface area contributed by atoms with E-state index in [1.165, 1.54) is 35.3 Å². The molecule has 2 aliphatic rings. The van der Waals surface area contributed by atoms with Crippen LogP contribution >= 0.6 is 11.3 Å². The zero-order chi connectivity index (χ0) is 19.1. The lowest BCUT2D eigenvalue weighted by Crippen LogP contribution is -2.15. The molecular formula is C21H21N3O3S. The van der Waals surface area contributed by atoms with Gasteiger partial charge in [-0.25, -0.2) is 9.97 Å². The van der Waals surface area contributed by atoms with Gasteiger partial charge in [0.2, 0.25) is 0 Å². The van der Waals surface area contributed by atoms with Crippen LogP contribution in [-0.2, 0) is 17.6 Å². The number of hydrogen-bond donors (Lipinski definition) is 1. The van der Waals surface area contributed by atoms with Gasteiger partial charge in [0.05, 0.1) is 5.69 Å². The fraction of sp³-hybridized carbons (Fsp3) is 0.381. The molecule has 3 aromatic rings. The number of nitrogens with zero attached hydrogens (tertiary/aromatic N) is 2. The minimum atomic E-state index is -0.312. The number of aryl methyl sites for hydroxylation is 3. The molecule has 28 heavy (non-hydrogen) atoms. The van der Waals surface area contributed by atoms with Crippen molar-refractivity contribution in [2.24, 2.45) is 0 Å². The van der Waals surface area contributed by atoms with E-state index < -0.39 is 0 Å². The summed E-state index contributed by atoms with van der Waals surface area (Å²) >= 11 is 1.47. The number of carbonyl (C=O) groups is 1. The second-order valence-electron chi connectivity index (χ2n) is 7.28. The highest BCUT2D eigenvalue weighted by Crippen LogP contribution is 2.34. The SMILES string of the molecule is Cc1sc(NC(=O)c2ncoc2[C@H]2CCCO2)nc1-c1ccc2c(c1)CCC2. The number of aromatic nitrogens is 2. The molecule has 0 unspecified atom stereocenters. The molecule has 1 aromatic carbocycles. The maximum atomic E-state index is 12.7. The minimum absolute atomic E-state index is 0.191. The molecule has 7 heteroatoms. The summed E-state index contributed by atoms with van der Waals surface area (Å²) in [6.45, 7) is 2.71. The Kier molecular flexibility index (Phi) is 4.49. The molecule has 5 rings (SSSR count). The summed E-state index contributed by atoms with van der Waals surface area (Å²) in [6, 6.07) is 6.58. The number of benzene rings is 1. The highest BCUT2D eigenvalue weighted by atomic mass is 32.1. The van der Waals surface area contributed by atoms with E-state index in [-0.39, 0.29) is 17.7 Å². The number of nitrogens with one attached hydrogen (secondary N) is 1. The molecule has 1 N–H and O–H groups in total. The maximum Gasteiger partial charge on any atom is 0.279 e. The summed E-state index contributed by atoms with van der Waals surface area (Å²) in [4.78, 5) is 22.6. The van der Waals surface area contributed by atoms with Crippen LogP contribution in [0, 0.1) is 6.92 Å². The largest absolute Gasteiger partial charge is 0.445 e. The van der Waals surface area contributed by atoms with Crippen molar-refractivity contribution in [3.63, 3.8) is 0 Å². The van der Waals surface area contributed by atoms with Crippen LogP contribution in [0.5, 0.6) is 0 Å². The number of thiazole rings is 1. The van der Waals surface area contributed by atoms with Gasteiger partial charge in [-0.3, -0.25) is 10.1 Å². The van der Waals surface area contributed by atoms with Crippen molar-refractivity contribution >= 4 is 22.4 Å². The van der Waals surface area contributed by atoms with Gasteiger partial charge in [0.1, 0.15) is 6.10 Å². The minimum Gasteiger partial charge on any atom is -0.445 e. The number of anilines is 1. The lowest BCUT2D eigenvalue weighted by molar-refractivity contribution is 0.0889. The van der Waals surface area contributed by atoms with Gasteiger partial charge in [0.15, 0.2) is 23.0 Å². The normalized spacial score (nSPS) is 18.4. The summed E-state index contributed by atoms with van der Waals surface area (Å²) in [7, 11) is 0. The van der Waals surface area contributed by atoms with Crippen LogP contribution in [0.25, 0.3) is 11.3 Å². The molecule has 0 saturated carbocycles. The average molecular weight is 395 g/mol. The molecule has 6 nitrogen and oxygen atoms in total. The number of rotatable bonds is 4. The Morgan fingerprint density at radius 1 is 1.25 bits per heavy atom. The molecule has 1 aliphatic carbocycles. The Balaban J connectivity index is 1.38. The molecule has 1 atom stereocenters. The Hall–Kier alpha value is -2.51. The number of oxazole rings is 1. The summed E-state index contributed by atoms with van der Waals surface area (Å²) in [5.74, 6) is 0.190. The number of fused-ring (bicyclic) bond motifs is 1. The predicted molar refractivity (Wildman–Crippen MR) is 107 cm³/mol. The number of ether oxygens (including phenoxy) is 1. The lowest BCUT2D eigenvalue weighted by atomic mass is 10.0. The monoisotopic (exact) mass is 395 g/mol. The highest BCUT2D eigenvalue weighted by molar-refractivity contribution is 7.16. The van der Waals surface area contributed by atoms with Gasteiger partial charge in [-0.15, -0.1) is 11.3 Å². The molecule has 1 amide bonds. The first-order valence-electron chi connectivity index (χ1n) is 9.65. The van der Waals surface area contributed by atoms with E-state index in [1.54, 1.807) is 0 Å². The van der Waals surface area contributed by atoms with Crippen LogP contribution in [0.4, 0.5) is 5.13 Å². The van der Waals surface area contributed by atoms with E-state index in [1.807, 2.05) is 6.92 Å². The maximum absolute atomic E-state index is 12.7. The van der Waals surface area contributed by atoms with Gasteiger partial charge >= 0.3 is 0 Å². The molecular weight excluding hydrogens is 374 g/mol. The molecule has 0 bridgehead atoms. The van der Waals surface area contributed by atoms with E-state index in [9.17, 15) is 4.79 Å². The Labute approximate surface area is 167 Å². The quantitative estimate of drug-likeness (QED) is 0.693. The number of amides is 1. The number of carbonyl (C=O) groups excluding carboxylic acids is 1. The van der Waals surface area contributed by atoms with Crippen molar-refractivity contribution in [3.05, 3.63) is 52.1 Å². The topological polar surface area (TPSA) is 77.2 Å². The Morgan fingerprint density at radius 2 is 2.14 bits per heavy atom. The molecule has 1 aliphatic heterocycles. The smallest absolute Gasteiger partial charge is 0.279 e. The van der Waals surface area contributed by atoms with Crippen LogP contribution in [-0.4, -0.2) is 22.5 Å². The standard InChI is InChI=1S/C21H21N3O3S/c1-12-17(15-8-7-13-4-2-5-14(13)10-15)23-21(28-12)24-20(25)18-19(27-11-22-18)16-6-3-9-26-16/h7-8,10-11,16H,2-6,9H2,1H3,(H,23,24,25)/t16-/m1/s1. The first-order chi connectivity index (χ1) is 13.7. The van der Waals surface area contributed by atoms with Crippen molar-refractivity contribution in [1.82, 2.24) is 9.97 Å². The third-order valence-corrected chi connectivity index (χ3v) is 6.31. The molecule has 144 valence electrons. The van der Waals surface area contributed by atoms with Crippen LogP contribution in [0.15, 0.2) is 29.0 Å². The fourth-order valence-electron chi connectivity index (χ4n) is 4.03. The summed E-state index contributed by atoms with van der Waals surface area (Å²) in [5.41, 5.74) is 5.17. The second-order valence-corrected chi connectivity index (χ2v) is 8.49. The van der Waals surface area contributed by atoms with E-state index in [4.69, 9.17) is 9.15 Å². The van der Waals surface area contributed by atoms with Gasteiger partial charge in [-0.05, 0) is 56.2 Å². The van der Waals surface area contributed by atoms with Crippen molar-refractivity contribution in [1.29, 1.82) is 0 Å². The van der Waals surface area contributed by atoms with Crippen LogP contribution < -0.4 is 5.32 Å².